The Morgan fingerprint density at radius 3 is 2.41 bits per heavy atom. The van der Waals surface area contributed by atoms with Crippen molar-refractivity contribution in [1.82, 2.24) is 9.62 Å². The van der Waals surface area contributed by atoms with E-state index in [1.54, 1.807) is 56.3 Å². The molecule has 1 aliphatic rings. The average molecular weight is 469 g/mol. The molecule has 1 saturated heterocycles. The maximum absolute atomic E-state index is 15.4. The first-order valence-electron chi connectivity index (χ1n) is 10.5. The van der Waals surface area contributed by atoms with Crippen LogP contribution in [0.15, 0.2) is 48.5 Å². The zero-order chi connectivity index (χ0) is 23.7. The standard InChI is InChI=1S/C23H27F3N2O3S/c1-4-32(30,31)27-21-19(28(14-23(21,25)26)22(29)15(2)3)13-17-11-8-12-18(20(17)24)16-9-6-5-7-10-16/h5-12,15,19,21,27H,4,13-14H2,1-3H3/t19-,21+/m0/s1. The van der Waals surface area contributed by atoms with Crippen LogP contribution in [0.2, 0.25) is 0 Å². The number of amides is 1. The second-order valence-electron chi connectivity index (χ2n) is 8.30. The molecule has 9 heteroatoms. The number of carbonyl (C=O) groups excluding carboxylic acids is 1. The highest BCUT2D eigenvalue weighted by Gasteiger charge is 2.57. The lowest BCUT2D eigenvalue weighted by Gasteiger charge is -2.29. The summed E-state index contributed by atoms with van der Waals surface area (Å²) in [7, 11) is -3.99. The number of likely N-dealkylation sites (tertiary alicyclic amines) is 1. The van der Waals surface area contributed by atoms with E-state index in [0.29, 0.717) is 11.1 Å². The van der Waals surface area contributed by atoms with Crippen LogP contribution in [0.1, 0.15) is 26.3 Å². The third kappa shape index (κ3) is 4.99. The number of nitrogens with one attached hydrogen (secondary N) is 1. The number of rotatable bonds is 7. The molecule has 0 aliphatic carbocycles. The number of hydrogen-bond donors (Lipinski definition) is 1. The fourth-order valence-corrected chi connectivity index (χ4v) is 4.83. The van der Waals surface area contributed by atoms with E-state index in [1.165, 1.54) is 13.0 Å². The van der Waals surface area contributed by atoms with Gasteiger partial charge in [-0.3, -0.25) is 4.79 Å². The lowest BCUT2D eigenvalue weighted by molar-refractivity contribution is -0.136. The molecule has 0 unspecified atom stereocenters. The van der Waals surface area contributed by atoms with Crippen molar-refractivity contribution < 1.29 is 26.4 Å². The van der Waals surface area contributed by atoms with Gasteiger partial charge in [-0.05, 0) is 24.5 Å². The van der Waals surface area contributed by atoms with Crippen LogP contribution in [-0.2, 0) is 21.2 Å². The quantitative estimate of drug-likeness (QED) is 0.672. The van der Waals surface area contributed by atoms with Crippen molar-refractivity contribution in [2.45, 2.75) is 45.2 Å². The molecule has 0 aromatic heterocycles. The molecular formula is C23H27F3N2O3S. The number of carbonyl (C=O) groups is 1. The van der Waals surface area contributed by atoms with Crippen LogP contribution >= 0.6 is 0 Å². The lowest BCUT2D eigenvalue weighted by Crippen LogP contribution is -2.53. The van der Waals surface area contributed by atoms with Gasteiger partial charge in [-0.1, -0.05) is 62.4 Å². The molecule has 0 radical (unpaired) electrons. The van der Waals surface area contributed by atoms with E-state index in [9.17, 15) is 22.0 Å². The summed E-state index contributed by atoms with van der Waals surface area (Å²) in [4.78, 5) is 13.7. The van der Waals surface area contributed by atoms with Gasteiger partial charge in [-0.25, -0.2) is 26.3 Å². The first kappa shape index (κ1) is 24.3. The van der Waals surface area contributed by atoms with E-state index >= 15 is 4.39 Å². The first-order chi connectivity index (χ1) is 15.0. The monoisotopic (exact) mass is 468 g/mol. The van der Waals surface area contributed by atoms with E-state index in [4.69, 9.17) is 0 Å². The van der Waals surface area contributed by atoms with Crippen LogP contribution in [0.3, 0.4) is 0 Å². The Morgan fingerprint density at radius 1 is 1.16 bits per heavy atom. The maximum atomic E-state index is 15.4. The zero-order valence-electron chi connectivity index (χ0n) is 18.2. The molecule has 1 N–H and O–H groups in total. The van der Waals surface area contributed by atoms with Gasteiger partial charge in [-0.15, -0.1) is 0 Å². The molecule has 0 saturated carbocycles. The molecule has 5 nitrogen and oxygen atoms in total. The predicted molar refractivity (Wildman–Crippen MR) is 117 cm³/mol. The summed E-state index contributed by atoms with van der Waals surface area (Å²) in [5.74, 6) is -5.57. The molecule has 0 bridgehead atoms. The van der Waals surface area contributed by atoms with E-state index in [-0.39, 0.29) is 17.7 Å². The number of benzene rings is 2. The van der Waals surface area contributed by atoms with Crippen molar-refractivity contribution in [2.75, 3.05) is 12.3 Å². The number of sulfonamides is 1. The predicted octanol–water partition coefficient (Wildman–Crippen LogP) is 3.85. The van der Waals surface area contributed by atoms with E-state index in [0.717, 1.165) is 4.90 Å². The Labute approximate surface area is 186 Å². The van der Waals surface area contributed by atoms with Gasteiger partial charge >= 0.3 is 0 Å². The molecule has 1 fully saturated rings. The van der Waals surface area contributed by atoms with Crippen molar-refractivity contribution in [1.29, 1.82) is 0 Å². The van der Waals surface area contributed by atoms with Crippen molar-refractivity contribution in [3.8, 4) is 11.1 Å². The molecule has 2 aromatic rings. The summed E-state index contributed by atoms with van der Waals surface area (Å²) in [6.45, 7) is 3.57. The van der Waals surface area contributed by atoms with Gasteiger partial charge in [0.1, 0.15) is 11.9 Å². The fraction of sp³-hybridized carbons (Fsp3) is 0.435. The number of hydrogen-bond acceptors (Lipinski definition) is 3. The number of nitrogens with zero attached hydrogens (tertiary/aromatic N) is 1. The second kappa shape index (κ2) is 9.23. The Morgan fingerprint density at radius 2 is 1.81 bits per heavy atom. The molecule has 174 valence electrons. The maximum Gasteiger partial charge on any atom is 0.283 e. The van der Waals surface area contributed by atoms with Gasteiger partial charge in [0.15, 0.2) is 0 Å². The van der Waals surface area contributed by atoms with Gasteiger partial charge in [-0.2, -0.15) is 0 Å². The minimum atomic E-state index is -3.99. The van der Waals surface area contributed by atoms with Crippen LogP contribution < -0.4 is 4.72 Å². The molecule has 2 atom stereocenters. The summed E-state index contributed by atoms with van der Waals surface area (Å²) >= 11 is 0. The largest absolute Gasteiger partial charge is 0.331 e. The Bertz CT molecular complexity index is 1080. The minimum absolute atomic E-state index is 0.135. The molecule has 1 heterocycles. The Hall–Kier alpha value is -2.39. The van der Waals surface area contributed by atoms with E-state index < -0.39 is 52.2 Å². The van der Waals surface area contributed by atoms with Crippen LogP contribution in [0.5, 0.6) is 0 Å². The summed E-state index contributed by atoms with van der Waals surface area (Å²) in [5.41, 5.74) is 1.07. The van der Waals surface area contributed by atoms with Gasteiger partial charge in [0, 0.05) is 11.5 Å². The lowest BCUT2D eigenvalue weighted by atomic mass is 9.95. The highest BCUT2D eigenvalue weighted by Crippen LogP contribution is 2.37. The van der Waals surface area contributed by atoms with Crippen molar-refractivity contribution in [3.05, 3.63) is 59.9 Å². The molecule has 0 spiro atoms. The van der Waals surface area contributed by atoms with Crippen LogP contribution in [0, 0.1) is 11.7 Å². The van der Waals surface area contributed by atoms with Crippen molar-refractivity contribution in [2.24, 2.45) is 5.92 Å². The summed E-state index contributed by atoms with van der Waals surface area (Å²) in [6, 6.07) is 10.4. The first-order valence-corrected chi connectivity index (χ1v) is 12.1. The molecule has 3 rings (SSSR count). The van der Waals surface area contributed by atoms with Crippen molar-refractivity contribution in [3.63, 3.8) is 0 Å². The molecule has 2 aromatic carbocycles. The highest BCUT2D eigenvalue weighted by molar-refractivity contribution is 7.89. The topological polar surface area (TPSA) is 66.5 Å². The fourth-order valence-electron chi connectivity index (χ4n) is 3.95. The SMILES string of the molecule is CCS(=O)(=O)N[C@@H]1[C@H](Cc2cccc(-c3ccccc3)c2F)N(C(=O)C(C)C)CC1(F)F. The summed E-state index contributed by atoms with van der Waals surface area (Å²) < 4.78 is 71.6. The normalized spacial score (nSPS) is 20.7. The smallest absolute Gasteiger partial charge is 0.283 e. The third-order valence-electron chi connectivity index (χ3n) is 5.68. The van der Waals surface area contributed by atoms with E-state index in [2.05, 4.69) is 4.72 Å². The summed E-state index contributed by atoms with van der Waals surface area (Å²) in [6.07, 6.45) is -0.253. The van der Waals surface area contributed by atoms with Crippen LogP contribution in [0.4, 0.5) is 13.2 Å². The van der Waals surface area contributed by atoms with Gasteiger partial charge in [0.25, 0.3) is 5.92 Å². The second-order valence-corrected chi connectivity index (χ2v) is 10.3. The third-order valence-corrected chi connectivity index (χ3v) is 7.05. The summed E-state index contributed by atoms with van der Waals surface area (Å²) in [5, 5.41) is 0. The van der Waals surface area contributed by atoms with Crippen molar-refractivity contribution >= 4 is 15.9 Å². The number of alkyl halides is 2. The van der Waals surface area contributed by atoms with Gasteiger partial charge < -0.3 is 4.90 Å². The molecular weight excluding hydrogens is 441 g/mol. The van der Waals surface area contributed by atoms with Crippen LogP contribution in [-0.4, -0.2) is 49.5 Å². The molecule has 32 heavy (non-hydrogen) atoms. The average Bonchev–Trinajstić information content (AvgIpc) is 2.99. The van der Waals surface area contributed by atoms with Gasteiger partial charge in [0.05, 0.1) is 18.3 Å². The molecule has 1 amide bonds. The zero-order valence-corrected chi connectivity index (χ0v) is 19.0. The van der Waals surface area contributed by atoms with Gasteiger partial charge in [0.2, 0.25) is 15.9 Å². The number of halogens is 3. The van der Waals surface area contributed by atoms with E-state index in [1.807, 2.05) is 0 Å². The Kier molecular flexibility index (Phi) is 7.00. The Balaban J connectivity index is 2.04. The minimum Gasteiger partial charge on any atom is -0.331 e. The highest BCUT2D eigenvalue weighted by atomic mass is 32.2. The van der Waals surface area contributed by atoms with Crippen LogP contribution in [0.25, 0.3) is 11.1 Å². The molecule has 1 aliphatic heterocycles.